The topological polar surface area (TPSA) is 41.6 Å². The van der Waals surface area contributed by atoms with Gasteiger partial charge in [-0.1, -0.05) is 48.5 Å². The van der Waals surface area contributed by atoms with Crippen LogP contribution in [0.1, 0.15) is 53.4 Å². The third kappa shape index (κ3) is 4.76. The SMILES string of the molecule is CON(C)C(=O)C[C@H](c1ccc(C2CCNCC2)cc1)c1ccccc1C. The summed E-state index contributed by atoms with van der Waals surface area (Å²) in [6, 6.07) is 17.2. The summed E-state index contributed by atoms with van der Waals surface area (Å²) >= 11 is 0. The summed E-state index contributed by atoms with van der Waals surface area (Å²) in [7, 11) is 3.19. The lowest BCUT2D eigenvalue weighted by atomic mass is 9.83. The van der Waals surface area contributed by atoms with Gasteiger partial charge < -0.3 is 5.32 Å². The second kappa shape index (κ2) is 9.16. The van der Waals surface area contributed by atoms with Crippen LogP contribution in [0.15, 0.2) is 48.5 Å². The van der Waals surface area contributed by atoms with Crippen LogP contribution in [0.4, 0.5) is 0 Å². The van der Waals surface area contributed by atoms with Gasteiger partial charge in [-0.2, -0.15) is 0 Å². The Hall–Kier alpha value is -2.17. The first-order valence-electron chi connectivity index (χ1n) is 9.77. The summed E-state index contributed by atoms with van der Waals surface area (Å²) in [6.07, 6.45) is 2.78. The van der Waals surface area contributed by atoms with Crippen LogP contribution in [-0.2, 0) is 9.63 Å². The van der Waals surface area contributed by atoms with Crippen molar-refractivity contribution in [3.8, 4) is 0 Å². The number of carbonyl (C=O) groups excluding carboxylic acids is 1. The summed E-state index contributed by atoms with van der Waals surface area (Å²) < 4.78 is 0. The maximum atomic E-state index is 12.6. The van der Waals surface area contributed by atoms with Gasteiger partial charge in [-0.25, -0.2) is 5.06 Å². The predicted octanol–water partition coefficient (Wildman–Crippen LogP) is 4.00. The van der Waals surface area contributed by atoms with E-state index in [1.165, 1.54) is 47.3 Å². The molecule has 2 aromatic rings. The van der Waals surface area contributed by atoms with Crippen LogP contribution < -0.4 is 5.32 Å². The van der Waals surface area contributed by atoms with E-state index in [2.05, 4.69) is 48.6 Å². The van der Waals surface area contributed by atoms with Gasteiger partial charge in [0, 0.05) is 19.4 Å². The molecule has 0 aliphatic carbocycles. The third-order valence-corrected chi connectivity index (χ3v) is 5.72. The summed E-state index contributed by atoms with van der Waals surface area (Å²) in [5, 5.41) is 4.74. The van der Waals surface area contributed by atoms with Gasteiger partial charge in [0.2, 0.25) is 5.91 Å². The molecule has 0 unspecified atom stereocenters. The molecule has 1 saturated heterocycles. The lowest BCUT2D eigenvalue weighted by Gasteiger charge is -2.25. The van der Waals surface area contributed by atoms with Crippen LogP contribution in [0.3, 0.4) is 0 Å². The van der Waals surface area contributed by atoms with Crippen molar-refractivity contribution in [1.29, 1.82) is 0 Å². The normalized spacial score (nSPS) is 16.1. The molecule has 3 rings (SSSR count). The fourth-order valence-electron chi connectivity index (χ4n) is 3.95. The van der Waals surface area contributed by atoms with E-state index in [-0.39, 0.29) is 11.8 Å². The molecule has 4 heteroatoms. The van der Waals surface area contributed by atoms with E-state index >= 15 is 0 Å². The average molecular weight is 367 g/mol. The minimum atomic E-state index is -0.0202. The number of benzene rings is 2. The minimum Gasteiger partial charge on any atom is -0.317 e. The molecule has 0 spiro atoms. The molecule has 1 aliphatic heterocycles. The molecule has 1 N–H and O–H groups in total. The molecule has 4 nitrogen and oxygen atoms in total. The highest BCUT2D eigenvalue weighted by atomic mass is 16.7. The zero-order valence-corrected chi connectivity index (χ0v) is 16.6. The van der Waals surface area contributed by atoms with Crippen molar-refractivity contribution in [3.05, 3.63) is 70.8 Å². The molecule has 1 fully saturated rings. The number of carbonyl (C=O) groups is 1. The molecule has 0 bridgehead atoms. The summed E-state index contributed by atoms with van der Waals surface area (Å²) in [4.78, 5) is 17.6. The van der Waals surface area contributed by atoms with Gasteiger partial charge in [-0.05, 0) is 61.0 Å². The molecule has 0 radical (unpaired) electrons. The first-order chi connectivity index (χ1) is 13.1. The molecule has 1 heterocycles. The molecule has 1 aliphatic rings. The summed E-state index contributed by atoms with van der Waals surface area (Å²) in [5.41, 5.74) is 4.99. The maximum absolute atomic E-state index is 12.6. The predicted molar refractivity (Wildman–Crippen MR) is 109 cm³/mol. The van der Waals surface area contributed by atoms with Gasteiger partial charge in [0.05, 0.1) is 7.11 Å². The molecule has 27 heavy (non-hydrogen) atoms. The molecule has 1 atom stereocenters. The summed E-state index contributed by atoms with van der Waals surface area (Å²) in [6.45, 7) is 4.29. The Morgan fingerprint density at radius 3 is 2.44 bits per heavy atom. The minimum absolute atomic E-state index is 0.0202. The number of nitrogens with zero attached hydrogens (tertiary/aromatic N) is 1. The number of hydroxylamine groups is 2. The maximum Gasteiger partial charge on any atom is 0.246 e. The molecular formula is C23H30N2O2. The molecule has 0 aromatic heterocycles. The quantitative estimate of drug-likeness (QED) is 0.786. The van der Waals surface area contributed by atoms with Crippen molar-refractivity contribution >= 4 is 5.91 Å². The van der Waals surface area contributed by atoms with E-state index in [0.717, 1.165) is 13.1 Å². The van der Waals surface area contributed by atoms with Gasteiger partial charge in [-0.3, -0.25) is 9.63 Å². The highest BCUT2D eigenvalue weighted by Crippen LogP contribution is 2.33. The summed E-state index contributed by atoms with van der Waals surface area (Å²) in [5.74, 6) is 0.644. The number of amides is 1. The van der Waals surface area contributed by atoms with E-state index < -0.39 is 0 Å². The monoisotopic (exact) mass is 366 g/mol. The van der Waals surface area contributed by atoms with Crippen LogP contribution in [-0.4, -0.2) is 38.2 Å². The molecule has 0 saturated carbocycles. The fraction of sp³-hybridized carbons (Fsp3) is 0.435. The van der Waals surface area contributed by atoms with Crippen molar-refractivity contribution in [1.82, 2.24) is 10.4 Å². The number of rotatable bonds is 6. The Bertz CT molecular complexity index is 751. The van der Waals surface area contributed by atoms with Crippen LogP contribution >= 0.6 is 0 Å². The van der Waals surface area contributed by atoms with E-state index in [9.17, 15) is 4.79 Å². The Morgan fingerprint density at radius 2 is 1.81 bits per heavy atom. The molecule has 1 amide bonds. The lowest BCUT2D eigenvalue weighted by molar-refractivity contribution is -0.168. The second-order valence-electron chi connectivity index (χ2n) is 7.38. The second-order valence-corrected chi connectivity index (χ2v) is 7.38. The van der Waals surface area contributed by atoms with Crippen LogP contribution in [0.2, 0.25) is 0 Å². The van der Waals surface area contributed by atoms with E-state index in [1.807, 2.05) is 12.1 Å². The Kier molecular flexibility index (Phi) is 6.64. The Balaban J connectivity index is 1.87. The van der Waals surface area contributed by atoms with Gasteiger partial charge in [-0.15, -0.1) is 0 Å². The fourth-order valence-corrected chi connectivity index (χ4v) is 3.95. The van der Waals surface area contributed by atoms with E-state index in [4.69, 9.17) is 4.84 Å². The van der Waals surface area contributed by atoms with Gasteiger partial charge in [0.1, 0.15) is 0 Å². The molecule has 2 aromatic carbocycles. The molecule has 144 valence electrons. The smallest absolute Gasteiger partial charge is 0.246 e. The number of hydrogen-bond donors (Lipinski definition) is 1. The zero-order valence-electron chi connectivity index (χ0n) is 16.6. The first-order valence-corrected chi connectivity index (χ1v) is 9.77. The number of piperidine rings is 1. The van der Waals surface area contributed by atoms with Crippen molar-refractivity contribution < 1.29 is 9.63 Å². The Labute approximate surface area is 162 Å². The van der Waals surface area contributed by atoms with Gasteiger partial charge in [0.25, 0.3) is 0 Å². The highest BCUT2D eigenvalue weighted by Gasteiger charge is 2.23. The number of aryl methyl sites for hydroxylation is 1. The first kappa shape index (κ1) is 19.6. The zero-order chi connectivity index (χ0) is 19.2. The highest BCUT2D eigenvalue weighted by molar-refractivity contribution is 5.76. The van der Waals surface area contributed by atoms with E-state index in [0.29, 0.717) is 12.3 Å². The van der Waals surface area contributed by atoms with Crippen molar-refractivity contribution in [3.63, 3.8) is 0 Å². The number of hydrogen-bond acceptors (Lipinski definition) is 3. The van der Waals surface area contributed by atoms with Crippen molar-refractivity contribution in [2.45, 2.75) is 38.0 Å². The van der Waals surface area contributed by atoms with Gasteiger partial charge in [0.15, 0.2) is 0 Å². The largest absolute Gasteiger partial charge is 0.317 e. The third-order valence-electron chi connectivity index (χ3n) is 5.72. The van der Waals surface area contributed by atoms with Crippen LogP contribution in [0.5, 0.6) is 0 Å². The van der Waals surface area contributed by atoms with Crippen molar-refractivity contribution in [2.24, 2.45) is 0 Å². The van der Waals surface area contributed by atoms with Crippen LogP contribution in [0, 0.1) is 6.92 Å². The Morgan fingerprint density at radius 1 is 1.15 bits per heavy atom. The van der Waals surface area contributed by atoms with Crippen LogP contribution in [0.25, 0.3) is 0 Å². The lowest BCUT2D eigenvalue weighted by Crippen LogP contribution is -2.27. The number of nitrogens with one attached hydrogen (secondary N) is 1. The van der Waals surface area contributed by atoms with Gasteiger partial charge >= 0.3 is 0 Å². The molecular weight excluding hydrogens is 336 g/mol. The standard InChI is InChI=1S/C23H30N2O2/c1-17-6-4-5-7-21(17)22(16-23(26)25(2)27-3)20-10-8-18(9-11-20)19-12-14-24-15-13-19/h4-11,19,22,24H,12-16H2,1-3H3/t22-/m1/s1. The van der Waals surface area contributed by atoms with E-state index in [1.54, 1.807) is 7.05 Å². The average Bonchev–Trinajstić information content (AvgIpc) is 2.72. The van der Waals surface area contributed by atoms with Crippen molar-refractivity contribution in [2.75, 3.05) is 27.2 Å².